The molecule has 0 spiro atoms. The van der Waals surface area contributed by atoms with E-state index in [2.05, 4.69) is 5.32 Å². The van der Waals surface area contributed by atoms with Crippen molar-refractivity contribution in [3.05, 3.63) is 0 Å². The second kappa shape index (κ2) is 6.48. The Morgan fingerprint density at radius 1 is 1.38 bits per heavy atom. The third-order valence-corrected chi connectivity index (χ3v) is 2.06. The second-order valence-corrected chi connectivity index (χ2v) is 4.64. The van der Waals surface area contributed by atoms with Crippen LogP contribution in [-0.4, -0.2) is 36.2 Å². The number of ether oxygens (including phenoxy) is 1. The smallest absolute Gasteiger partial charge is 0.309 e. The summed E-state index contributed by atoms with van der Waals surface area (Å²) in [6.45, 7) is 7.73. The highest BCUT2D eigenvalue weighted by atomic mass is 16.5. The lowest BCUT2D eigenvalue weighted by Crippen LogP contribution is -2.35. The number of carboxylic acid groups (broad SMARTS) is 1. The molecule has 0 saturated carbocycles. The molecule has 0 aliphatic rings. The van der Waals surface area contributed by atoms with Gasteiger partial charge in [-0.15, -0.1) is 0 Å². The predicted molar refractivity (Wildman–Crippen MR) is 60.1 cm³/mol. The number of carbonyl (C=O) groups is 2. The summed E-state index contributed by atoms with van der Waals surface area (Å²) >= 11 is 0. The maximum atomic E-state index is 11.4. The molecule has 5 heteroatoms. The summed E-state index contributed by atoms with van der Waals surface area (Å²) in [5.74, 6) is -1.24. The van der Waals surface area contributed by atoms with E-state index in [-0.39, 0.29) is 18.4 Å². The Morgan fingerprint density at radius 2 is 1.94 bits per heavy atom. The Kier molecular flexibility index (Phi) is 6.03. The van der Waals surface area contributed by atoms with Crippen LogP contribution in [0.4, 0.5) is 0 Å². The first-order valence-corrected chi connectivity index (χ1v) is 5.37. The monoisotopic (exact) mass is 231 g/mol. The minimum Gasteiger partial charge on any atom is -0.481 e. The minimum atomic E-state index is -1.02. The van der Waals surface area contributed by atoms with E-state index in [1.54, 1.807) is 0 Å². The number of carbonyl (C=O) groups excluding carboxylic acids is 1. The average molecular weight is 231 g/mol. The molecular weight excluding hydrogens is 210 g/mol. The topological polar surface area (TPSA) is 75.6 Å². The number of amides is 1. The quantitative estimate of drug-likeness (QED) is 0.642. The number of aliphatic carboxylic acids is 1. The number of hydrogen-bond donors (Lipinski definition) is 2. The molecule has 0 rings (SSSR count). The van der Waals surface area contributed by atoms with Crippen molar-refractivity contribution in [3.8, 4) is 0 Å². The standard InChI is InChI=1S/C11H21NO4/c1-8(2)16-6-5-12-9(13)7-11(3,4)10(14)15/h8H,5-7H2,1-4H3,(H,12,13)(H,14,15). The molecule has 0 fully saturated rings. The summed E-state index contributed by atoms with van der Waals surface area (Å²) in [6, 6.07) is 0. The minimum absolute atomic E-state index is 0.0238. The third kappa shape index (κ3) is 6.40. The van der Waals surface area contributed by atoms with Crippen molar-refractivity contribution in [2.45, 2.75) is 40.2 Å². The molecule has 0 atom stereocenters. The van der Waals surface area contributed by atoms with E-state index in [0.29, 0.717) is 13.2 Å². The molecule has 0 aromatic heterocycles. The summed E-state index contributed by atoms with van der Waals surface area (Å²) in [5.41, 5.74) is -1.02. The van der Waals surface area contributed by atoms with Crippen LogP contribution in [0.5, 0.6) is 0 Å². The lowest BCUT2D eigenvalue weighted by Gasteiger charge is -2.18. The lowest BCUT2D eigenvalue weighted by molar-refractivity contribution is -0.149. The fraction of sp³-hybridized carbons (Fsp3) is 0.818. The summed E-state index contributed by atoms with van der Waals surface area (Å²) in [7, 11) is 0. The molecule has 0 bridgehead atoms. The van der Waals surface area contributed by atoms with Crippen LogP contribution in [0.15, 0.2) is 0 Å². The van der Waals surface area contributed by atoms with Crippen LogP contribution in [0.3, 0.4) is 0 Å². The Labute approximate surface area is 96.2 Å². The first kappa shape index (κ1) is 14.9. The van der Waals surface area contributed by atoms with Crippen LogP contribution in [0.1, 0.15) is 34.1 Å². The molecule has 16 heavy (non-hydrogen) atoms. The van der Waals surface area contributed by atoms with Crippen molar-refractivity contribution in [3.63, 3.8) is 0 Å². The van der Waals surface area contributed by atoms with Gasteiger partial charge in [-0.1, -0.05) is 0 Å². The van der Waals surface area contributed by atoms with Crippen molar-refractivity contribution < 1.29 is 19.4 Å². The number of carboxylic acids is 1. The summed E-state index contributed by atoms with van der Waals surface area (Å²) < 4.78 is 5.24. The Balaban J connectivity index is 3.79. The van der Waals surface area contributed by atoms with Gasteiger partial charge in [-0.2, -0.15) is 0 Å². The number of rotatable bonds is 7. The van der Waals surface area contributed by atoms with Crippen LogP contribution in [0, 0.1) is 5.41 Å². The van der Waals surface area contributed by atoms with Gasteiger partial charge in [0.1, 0.15) is 0 Å². The summed E-state index contributed by atoms with van der Waals surface area (Å²) in [6.07, 6.45) is 0.108. The molecule has 2 N–H and O–H groups in total. The molecule has 0 aliphatic heterocycles. The molecule has 94 valence electrons. The molecule has 0 unspecified atom stereocenters. The van der Waals surface area contributed by atoms with Crippen molar-refractivity contribution in [1.82, 2.24) is 5.32 Å². The van der Waals surface area contributed by atoms with Gasteiger partial charge in [-0.05, 0) is 27.7 Å². The van der Waals surface area contributed by atoms with Gasteiger partial charge < -0.3 is 15.2 Å². The zero-order valence-corrected chi connectivity index (χ0v) is 10.4. The highest BCUT2D eigenvalue weighted by Gasteiger charge is 2.29. The molecule has 0 radical (unpaired) electrons. The van der Waals surface area contributed by atoms with Crippen LogP contribution >= 0.6 is 0 Å². The van der Waals surface area contributed by atoms with Crippen molar-refractivity contribution in [1.29, 1.82) is 0 Å². The SMILES string of the molecule is CC(C)OCCNC(=O)CC(C)(C)C(=O)O. The maximum Gasteiger partial charge on any atom is 0.309 e. The van der Waals surface area contributed by atoms with Crippen LogP contribution in [0.25, 0.3) is 0 Å². The van der Waals surface area contributed by atoms with Crippen molar-refractivity contribution >= 4 is 11.9 Å². The van der Waals surface area contributed by atoms with E-state index in [9.17, 15) is 9.59 Å². The Hall–Kier alpha value is -1.10. The molecule has 0 aromatic carbocycles. The fourth-order valence-electron chi connectivity index (χ4n) is 1.02. The molecule has 0 aromatic rings. The molecule has 0 aliphatic carbocycles. The van der Waals surface area contributed by atoms with Crippen LogP contribution in [-0.2, 0) is 14.3 Å². The van der Waals surface area contributed by atoms with E-state index in [1.165, 1.54) is 13.8 Å². The van der Waals surface area contributed by atoms with Gasteiger partial charge in [0.15, 0.2) is 0 Å². The van der Waals surface area contributed by atoms with Gasteiger partial charge >= 0.3 is 5.97 Å². The summed E-state index contributed by atoms with van der Waals surface area (Å²) in [5, 5.41) is 11.5. The lowest BCUT2D eigenvalue weighted by atomic mass is 9.89. The molecule has 1 amide bonds. The van der Waals surface area contributed by atoms with E-state index < -0.39 is 11.4 Å². The highest BCUT2D eigenvalue weighted by Crippen LogP contribution is 2.19. The molecule has 5 nitrogen and oxygen atoms in total. The highest BCUT2D eigenvalue weighted by molar-refractivity contribution is 5.84. The third-order valence-electron chi connectivity index (χ3n) is 2.06. The fourth-order valence-corrected chi connectivity index (χ4v) is 1.02. The van der Waals surface area contributed by atoms with Gasteiger partial charge in [0.05, 0.1) is 18.1 Å². The van der Waals surface area contributed by atoms with Gasteiger partial charge in [0.2, 0.25) is 5.91 Å². The number of hydrogen-bond acceptors (Lipinski definition) is 3. The zero-order chi connectivity index (χ0) is 12.8. The van der Waals surface area contributed by atoms with Crippen LogP contribution < -0.4 is 5.32 Å². The second-order valence-electron chi connectivity index (χ2n) is 4.64. The van der Waals surface area contributed by atoms with E-state index in [4.69, 9.17) is 9.84 Å². The van der Waals surface area contributed by atoms with Gasteiger partial charge in [0.25, 0.3) is 0 Å². The first-order chi connectivity index (χ1) is 7.25. The van der Waals surface area contributed by atoms with E-state index in [1.807, 2.05) is 13.8 Å². The average Bonchev–Trinajstić information content (AvgIpc) is 2.11. The number of nitrogens with one attached hydrogen (secondary N) is 1. The van der Waals surface area contributed by atoms with Gasteiger partial charge in [-0.25, -0.2) is 0 Å². The largest absolute Gasteiger partial charge is 0.481 e. The maximum absolute atomic E-state index is 11.4. The van der Waals surface area contributed by atoms with E-state index >= 15 is 0 Å². The Bertz CT molecular complexity index is 248. The van der Waals surface area contributed by atoms with Crippen molar-refractivity contribution in [2.24, 2.45) is 5.41 Å². The van der Waals surface area contributed by atoms with Crippen molar-refractivity contribution in [2.75, 3.05) is 13.2 Å². The molecule has 0 heterocycles. The zero-order valence-electron chi connectivity index (χ0n) is 10.4. The molecule has 0 saturated heterocycles. The van der Waals surface area contributed by atoms with E-state index in [0.717, 1.165) is 0 Å². The summed E-state index contributed by atoms with van der Waals surface area (Å²) in [4.78, 5) is 22.1. The van der Waals surface area contributed by atoms with Crippen LogP contribution in [0.2, 0.25) is 0 Å². The first-order valence-electron chi connectivity index (χ1n) is 5.37. The predicted octanol–water partition coefficient (Wildman–Crippen LogP) is 1.03. The van der Waals surface area contributed by atoms with Gasteiger partial charge in [-0.3, -0.25) is 9.59 Å². The molecular formula is C11H21NO4. The Morgan fingerprint density at radius 3 is 2.38 bits per heavy atom. The normalized spacial score (nSPS) is 11.6. The van der Waals surface area contributed by atoms with Gasteiger partial charge in [0, 0.05) is 13.0 Å².